The van der Waals surface area contributed by atoms with E-state index in [0.29, 0.717) is 0 Å². The van der Waals surface area contributed by atoms with Gasteiger partial charge in [0.1, 0.15) is 0 Å². The third kappa shape index (κ3) is 7.78. The second kappa shape index (κ2) is 18.4. The van der Waals surface area contributed by atoms with Gasteiger partial charge in [-0.1, -0.05) is 210 Å². The first-order chi connectivity index (χ1) is 37.0. The number of nitrogens with zero attached hydrogens (tertiary/aromatic N) is 2. The molecule has 0 heterocycles. The molecule has 2 aliphatic carbocycles. The number of hydrogen-bond donors (Lipinski definition) is 0. The predicted octanol–water partition coefficient (Wildman–Crippen LogP) is 20.5. The van der Waals surface area contributed by atoms with Crippen molar-refractivity contribution >= 4 is 34.1 Å². The lowest BCUT2D eigenvalue weighted by molar-refractivity contribution is 0.652. The molecule has 0 aliphatic heterocycles. The van der Waals surface area contributed by atoms with Crippen molar-refractivity contribution in [1.82, 2.24) is 0 Å². The molecule has 13 rings (SSSR count). The third-order valence-electron chi connectivity index (χ3n) is 16.4. The molecule has 0 bridgehead atoms. The van der Waals surface area contributed by atoms with E-state index in [4.69, 9.17) is 0 Å². The van der Waals surface area contributed by atoms with Crippen LogP contribution in [0.4, 0.5) is 34.1 Å². The zero-order valence-corrected chi connectivity index (χ0v) is 44.1. The monoisotopic (exact) mass is 976 g/mol. The van der Waals surface area contributed by atoms with E-state index in [1.807, 2.05) is 0 Å². The van der Waals surface area contributed by atoms with Crippen molar-refractivity contribution in [3.05, 3.63) is 288 Å². The quantitative estimate of drug-likeness (QED) is 0.135. The van der Waals surface area contributed by atoms with Crippen LogP contribution in [0.15, 0.2) is 255 Å². The second-order valence-corrected chi connectivity index (χ2v) is 21.8. The van der Waals surface area contributed by atoms with Gasteiger partial charge >= 0.3 is 0 Å². The fourth-order valence-corrected chi connectivity index (χ4v) is 12.7. The van der Waals surface area contributed by atoms with Crippen LogP contribution in [0.2, 0.25) is 0 Å². The summed E-state index contributed by atoms with van der Waals surface area (Å²) in [6.45, 7) is 14.4. The highest BCUT2D eigenvalue weighted by Crippen LogP contribution is 2.59. The van der Waals surface area contributed by atoms with Crippen LogP contribution in [0.1, 0.15) is 61.1 Å². The second-order valence-electron chi connectivity index (χ2n) is 21.8. The first-order valence-corrected chi connectivity index (χ1v) is 26.7. The summed E-state index contributed by atoms with van der Waals surface area (Å²) in [6, 6.07) is 93.9. The van der Waals surface area contributed by atoms with Crippen molar-refractivity contribution in [1.29, 1.82) is 0 Å². The maximum atomic E-state index is 2.57. The molecule has 11 aromatic rings. The maximum Gasteiger partial charge on any atom is 0.0540 e. The zero-order chi connectivity index (χ0) is 51.7. The van der Waals surface area contributed by atoms with Gasteiger partial charge in [-0.15, -0.1) is 0 Å². The summed E-state index contributed by atoms with van der Waals surface area (Å²) in [5, 5.41) is 0. The molecule has 0 saturated carbocycles. The minimum atomic E-state index is -0.278. The van der Waals surface area contributed by atoms with E-state index in [-0.39, 0.29) is 10.8 Å². The van der Waals surface area contributed by atoms with Crippen LogP contribution < -0.4 is 9.80 Å². The molecular weight excluding hydrogens is 917 g/mol. The van der Waals surface area contributed by atoms with Gasteiger partial charge in [-0.3, -0.25) is 0 Å². The molecule has 0 atom stereocenters. The van der Waals surface area contributed by atoms with Crippen LogP contribution in [0.5, 0.6) is 0 Å². The first kappa shape index (κ1) is 46.8. The number of hydrogen-bond acceptors (Lipinski definition) is 2. The topological polar surface area (TPSA) is 6.48 Å². The Kier molecular flexibility index (Phi) is 11.4. The highest BCUT2D eigenvalue weighted by molar-refractivity contribution is 5.97. The summed E-state index contributed by atoms with van der Waals surface area (Å²) in [5.41, 5.74) is 29.2. The van der Waals surface area contributed by atoms with Gasteiger partial charge < -0.3 is 9.80 Å². The molecule has 0 amide bonds. The summed E-state index contributed by atoms with van der Waals surface area (Å²) in [4.78, 5) is 4.97. The molecule has 0 spiro atoms. The minimum absolute atomic E-state index is 0.278. The lowest BCUT2D eigenvalue weighted by Crippen LogP contribution is -2.18. The van der Waals surface area contributed by atoms with Gasteiger partial charge in [0.2, 0.25) is 0 Å². The van der Waals surface area contributed by atoms with Gasteiger partial charge in [0.05, 0.1) is 11.4 Å². The molecule has 0 radical (unpaired) electrons. The SMILES string of the molecule is Cc1cc(N(c2cccc(-c3ccccc3)c2)c2ccccc2-c2ccccc2)cc2c1-c1cc3c(cc1C2(C)C)-c1c(C)cc(N(c2cccc(-c4ccccc4)c2)c2ccccc2-c2ccccc2)cc1C3(C)C. The Morgan fingerprint density at radius 2 is 0.579 bits per heavy atom. The standard InChI is InChI=1S/C74H60N2/c1-49-41-59(75(57-35-23-33-55(43-57)51-25-11-7-12-26-51)69-39-21-19-37-61(69)53-29-15-9-16-30-53)45-67-71(49)63-47-66-64(48-65(63)73(67,3)4)72-50(2)42-60(46-68(72)74(66,5)6)76(58-36-24-34-56(44-58)52-27-13-8-14-28-52)70-40-22-20-38-62(70)54-31-17-10-18-32-54/h7-48H,1-6H3. The summed E-state index contributed by atoms with van der Waals surface area (Å²) < 4.78 is 0. The fraction of sp³-hybridized carbons (Fsp3) is 0.108. The molecule has 2 nitrogen and oxygen atoms in total. The van der Waals surface area contributed by atoms with E-state index in [2.05, 4.69) is 306 Å². The Morgan fingerprint density at radius 1 is 0.250 bits per heavy atom. The average molecular weight is 977 g/mol. The molecule has 0 fully saturated rings. The largest absolute Gasteiger partial charge is 0.310 e. The molecule has 2 heteroatoms. The van der Waals surface area contributed by atoms with Crippen molar-refractivity contribution in [2.75, 3.05) is 9.80 Å². The summed E-state index contributed by atoms with van der Waals surface area (Å²) >= 11 is 0. The van der Waals surface area contributed by atoms with E-state index in [9.17, 15) is 0 Å². The Bertz CT molecular complexity index is 3740. The maximum absolute atomic E-state index is 2.57. The average Bonchev–Trinajstić information content (AvgIpc) is 4.08. The first-order valence-electron chi connectivity index (χ1n) is 26.7. The molecular formula is C74H60N2. The lowest BCUT2D eigenvalue weighted by Gasteiger charge is -2.31. The van der Waals surface area contributed by atoms with Crippen LogP contribution in [0.25, 0.3) is 66.8 Å². The summed E-state index contributed by atoms with van der Waals surface area (Å²) in [6.07, 6.45) is 0. The van der Waals surface area contributed by atoms with Gasteiger partial charge in [0.25, 0.3) is 0 Å². The van der Waals surface area contributed by atoms with Crippen molar-refractivity contribution in [3.63, 3.8) is 0 Å². The molecule has 76 heavy (non-hydrogen) atoms. The summed E-state index contributed by atoms with van der Waals surface area (Å²) in [7, 11) is 0. The van der Waals surface area contributed by atoms with Crippen LogP contribution in [-0.4, -0.2) is 0 Å². The van der Waals surface area contributed by atoms with Crippen molar-refractivity contribution in [2.24, 2.45) is 0 Å². The summed E-state index contributed by atoms with van der Waals surface area (Å²) in [5.74, 6) is 0. The van der Waals surface area contributed by atoms with Crippen LogP contribution in [0, 0.1) is 13.8 Å². The number of anilines is 6. The lowest BCUT2D eigenvalue weighted by atomic mass is 9.79. The van der Waals surface area contributed by atoms with E-state index in [1.54, 1.807) is 0 Å². The van der Waals surface area contributed by atoms with Crippen molar-refractivity contribution < 1.29 is 0 Å². The minimum Gasteiger partial charge on any atom is -0.310 e. The third-order valence-corrected chi connectivity index (χ3v) is 16.4. The van der Waals surface area contributed by atoms with Crippen LogP contribution >= 0.6 is 0 Å². The van der Waals surface area contributed by atoms with E-state index in [1.165, 1.54) is 100 Å². The Morgan fingerprint density at radius 3 is 0.961 bits per heavy atom. The zero-order valence-electron chi connectivity index (χ0n) is 44.1. The van der Waals surface area contributed by atoms with Gasteiger partial charge in [-0.2, -0.15) is 0 Å². The number of benzene rings is 11. The van der Waals surface area contributed by atoms with Gasteiger partial charge in [-0.05, 0) is 176 Å². The van der Waals surface area contributed by atoms with Gasteiger partial charge in [-0.25, -0.2) is 0 Å². The Hall–Kier alpha value is -8.98. The molecule has 0 saturated heterocycles. The van der Waals surface area contributed by atoms with Crippen molar-refractivity contribution in [2.45, 2.75) is 52.4 Å². The Labute approximate surface area is 448 Å². The molecule has 0 N–H and O–H groups in total. The highest BCUT2D eigenvalue weighted by Gasteiger charge is 2.43. The molecule has 0 unspecified atom stereocenters. The van der Waals surface area contributed by atoms with Crippen molar-refractivity contribution in [3.8, 4) is 66.8 Å². The molecule has 2 aliphatic rings. The normalized spacial score (nSPS) is 13.3. The molecule has 366 valence electrons. The smallest absolute Gasteiger partial charge is 0.0540 e. The van der Waals surface area contributed by atoms with Gasteiger partial charge in [0, 0.05) is 44.7 Å². The van der Waals surface area contributed by atoms with E-state index < -0.39 is 0 Å². The number of fused-ring (bicyclic) bond motifs is 6. The fourth-order valence-electron chi connectivity index (χ4n) is 12.7. The molecule has 0 aromatic heterocycles. The number of para-hydroxylation sites is 2. The van der Waals surface area contributed by atoms with E-state index >= 15 is 0 Å². The van der Waals surface area contributed by atoms with Gasteiger partial charge in [0.15, 0.2) is 0 Å². The van der Waals surface area contributed by atoms with E-state index in [0.717, 1.165) is 34.1 Å². The molecule has 11 aromatic carbocycles. The van der Waals surface area contributed by atoms with Crippen LogP contribution in [-0.2, 0) is 10.8 Å². The number of aryl methyl sites for hydroxylation is 2. The predicted molar refractivity (Wildman–Crippen MR) is 322 cm³/mol. The highest BCUT2D eigenvalue weighted by atomic mass is 15.2. The van der Waals surface area contributed by atoms with Crippen LogP contribution in [0.3, 0.4) is 0 Å². The Balaban J connectivity index is 0.948. The number of rotatable bonds is 10.